The summed E-state index contributed by atoms with van der Waals surface area (Å²) in [5.74, 6) is 0. The highest BCUT2D eigenvalue weighted by molar-refractivity contribution is 5.74. The van der Waals surface area contributed by atoms with Crippen LogP contribution in [0.25, 0.3) is 0 Å². The molecule has 0 aromatic heterocycles. The van der Waals surface area contributed by atoms with E-state index in [0.29, 0.717) is 6.61 Å². The third-order valence-corrected chi connectivity index (χ3v) is 2.41. The highest BCUT2D eigenvalue weighted by Crippen LogP contribution is 2.44. The van der Waals surface area contributed by atoms with Gasteiger partial charge in [0.15, 0.2) is 0 Å². The zero-order chi connectivity index (χ0) is 10.2. The van der Waals surface area contributed by atoms with Gasteiger partial charge in [-0.3, -0.25) is 4.90 Å². The second kappa shape index (κ2) is 3.05. The second-order valence-corrected chi connectivity index (χ2v) is 3.97. The number of hydrogen-bond acceptors (Lipinski definition) is 2. The van der Waals surface area contributed by atoms with Gasteiger partial charge in [-0.1, -0.05) is 12.2 Å². The van der Waals surface area contributed by atoms with E-state index in [1.807, 2.05) is 27.7 Å². The zero-order valence-corrected chi connectivity index (χ0v) is 8.76. The normalized spacial score (nSPS) is 24.0. The first-order chi connectivity index (χ1) is 5.92. The minimum atomic E-state index is -0.236. The molecule has 1 heterocycles. The summed E-state index contributed by atoms with van der Waals surface area (Å²) in [6.45, 7) is 12.1. The smallest absolute Gasteiger partial charge is 0.410 e. The molecule has 0 aliphatic carbocycles. The molecule has 0 bridgehead atoms. The van der Waals surface area contributed by atoms with Crippen molar-refractivity contribution in [2.75, 3.05) is 6.61 Å². The lowest BCUT2D eigenvalue weighted by Gasteiger charge is -2.05. The van der Waals surface area contributed by atoms with Crippen molar-refractivity contribution >= 4 is 6.09 Å². The number of nitrogens with zero attached hydrogens (tertiary/aromatic N) is 1. The number of rotatable bonds is 2. The number of carbonyl (C=O) groups excluding carboxylic acids is 1. The maximum absolute atomic E-state index is 11.4. The van der Waals surface area contributed by atoms with Crippen LogP contribution in [0.3, 0.4) is 0 Å². The molecule has 3 nitrogen and oxygen atoms in total. The van der Waals surface area contributed by atoms with Crippen LogP contribution in [-0.4, -0.2) is 29.2 Å². The summed E-state index contributed by atoms with van der Waals surface area (Å²) in [6.07, 6.45) is -0.236. The van der Waals surface area contributed by atoms with Gasteiger partial charge in [0, 0.05) is 0 Å². The lowest BCUT2D eigenvalue weighted by atomic mass is 10.1. The monoisotopic (exact) mass is 183 g/mol. The van der Waals surface area contributed by atoms with Gasteiger partial charge in [0.25, 0.3) is 0 Å². The summed E-state index contributed by atoms with van der Waals surface area (Å²) in [6, 6.07) is 0.145. The molecule has 13 heavy (non-hydrogen) atoms. The van der Waals surface area contributed by atoms with E-state index in [1.165, 1.54) is 0 Å². The van der Waals surface area contributed by atoms with Gasteiger partial charge in [-0.2, -0.15) is 0 Å². The van der Waals surface area contributed by atoms with Crippen LogP contribution >= 0.6 is 0 Å². The summed E-state index contributed by atoms with van der Waals surface area (Å²) in [5, 5.41) is 0. The van der Waals surface area contributed by atoms with Crippen LogP contribution in [-0.2, 0) is 4.74 Å². The van der Waals surface area contributed by atoms with E-state index in [2.05, 4.69) is 6.58 Å². The van der Waals surface area contributed by atoms with E-state index in [0.717, 1.165) is 5.57 Å². The van der Waals surface area contributed by atoms with Crippen LogP contribution < -0.4 is 0 Å². The molecule has 0 radical (unpaired) electrons. The van der Waals surface area contributed by atoms with E-state index in [1.54, 1.807) is 4.90 Å². The Kier molecular flexibility index (Phi) is 2.37. The maximum atomic E-state index is 11.4. The lowest BCUT2D eigenvalue weighted by molar-refractivity contribution is 0.130. The summed E-state index contributed by atoms with van der Waals surface area (Å²) < 4.78 is 4.93. The highest BCUT2D eigenvalue weighted by atomic mass is 16.6. The molecule has 1 atom stereocenters. The number of hydrogen-bond donors (Lipinski definition) is 0. The summed E-state index contributed by atoms with van der Waals surface area (Å²) in [7, 11) is 0. The third kappa shape index (κ3) is 1.55. The van der Waals surface area contributed by atoms with E-state index in [-0.39, 0.29) is 17.7 Å². The Bertz CT molecular complexity index is 245. The molecule has 0 aromatic rings. The third-order valence-electron chi connectivity index (χ3n) is 2.41. The van der Waals surface area contributed by atoms with Crippen molar-refractivity contribution in [1.82, 2.24) is 4.90 Å². The fourth-order valence-electron chi connectivity index (χ4n) is 1.84. The molecule has 0 saturated carbocycles. The van der Waals surface area contributed by atoms with Crippen LogP contribution in [0.1, 0.15) is 27.7 Å². The maximum Gasteiger partial charge on any atom is 0.410 e. The van der Waals surface area contributed by atoms with Gasteiger partial charge in [-0.25, -0.2) is 4.79 Å². The molecule has 1 aliphatic heterocycles. The number of carbonyl (C=O) groups is 1. The van der Waals surface area contributed by atoms with E-state index in [4.69, 9.17) is 4.74 Å². The molecule has 1 unspecified atom stereocenters. The Morgan fingerprint density at radius 2 is 2.15 bits per heavy atom. The quantitative estimate of drug-likeness (QED) is 0.485. The first-order valence-corrected chi connectivity index (χ1v) is 4.54. The largest absolute Gasteiger partial charge is 0.450 e. The topological polar surface area (TPSA) is 29.3 Å². The van der Waals surface area contributed by atoms with Crippen molar-refractivity contribution in [3.63, 3.8) is 0 Å². The molecule has 3 heteroatoms. The Balaban J connectivity index is 2.65. The number of amides is 1. The van der Waals surface area contributed by atoms with E-state index in [9.17, 15) is 4.79 Å². The van der Waals surface area contributed by atoms with E-state index < -0.39 is 0 Å². The van der Waals surface area contributed by atoms with Crippen LogP contribution in [0.15, 0.2) is 12.2 Å². The van der Waals surface area contributed by atoms with Crippen molar-refractivity contribution in [3.8, 4) is 0 Å². The zero-order valence-electron chi connectivity index (χ0n) is 8.76. The molecular formula is C10H17NO2. The van der Waals surface area contributed by atoms with Crippen LogP contribution in [0.2, 0.25) is 0 Å². The van der Waals surface area contributed by atoms with Gasteiger partial charge in [0.1, 0.15) is 0 Å². The first-order valence-electron chi connectivity index (χ1n) is 4.54. The average molecular weight is 183 g/mol. The van der Waals surface area contributed by atoms with E-state index >= 15 is 0 Å². The molecule has 1 rings (SSSR count). The highest BCUT2D eigenvalue weighted by Gasteiger charge is 2.59. The molecule has 0 spiro atoms. The van der Waals surface area contributed by atoms with Gasteiger partial charge >= 0.3 is 6.09 Å². The van der Waals surface area contributed by atoms with Gasteiger partial charge in [-0.15, -0.1) is 0 Å². The van der Waals surface area contributed by atoms with Gasteiger partial charge in [0.2, 0.25) is 0 Å². The summed E-state index contributed by atoms with van der Waals surface area (Å²) in [5.41, 5.74) is 0.899. The summed E-state index contributed by atoms with van der Waals surface area (Å²) in [4.78, 5) is 13.1. The predicted octanol–water partition coefficient (Wildman–Crippen LogP) is 2.18. The van der Waals surface area contributed by atoms with Crippen molar-refractivity contribution < 1.29 is 9.53 Å². The average Bonchev–Trinajstić information content (AvgIpc) is 2.54. The standard InChI is InChI=1S/C10H17NO2/c1-6-13-9(12)11-8(7(2)3)10(11,4)5/h8H,2,6H2,1,3-5H3. The van der Waals surface area contributed by atoms with Crippen LogP contribution in [0.4, 0.5) is 4.79 Å². The summed E-state index contributed by atoms with van der Waals surface area (Å²) >= 11 is 0. The molecular weight excluding hydrogens is 166 g/mol. The predicted molar refractivity (Wildman–Crippen MR) is 51.5 cm³/mol. The Hall–Kier alpha value is -0.990. The van der Waals surface area contributed by atoms with Crippen molar-refractivity contribution in [3.05, 3.63) is 12.2 Å². The fourth-order valence-corrected chi connectivity index (χ4v) is 1.84. The molecule has 0 N–H and O–H groups in total. The van der Waals surface area contributed by atoms with Crippen molar-refractivity contribution in [2.24, 2.45) is 0 Å². The first kappa shape index (κ1) is 10.1. The van der Waals surface area contributed by atoms with Crippen molar-refractivity contribution in [2.45, 2.75) is 39.3 Å². The Morgan fingerprint density at radius 3 is 2.46 bits per heavy atom. The Morgan fingerprint density at radius 1 is 1.62 bits per heavy atom. The molecule has 0 aromatic carbocycles. The van der Waals surface area contributed by atoms with Crippen LogP contribution in [0, 0.1) is 0 Å². The van der Waals surface area contributed by atoms with Gasteiger partial charge < -0.3 is 4.74 Å². The second-order valence-electron chi connectivity index (χ2n) is 3.97. The molecule has 74 valence electrons. The molecule has 1 aliphatic rings. The minimum absolute atomic E-state index is 0.113. The number of ether oxygens (including phenoxy) is 1. The Labute approximate surface area is 79.4 Å². The molecule has 1 saturated heterocycles. The lowest BCUT2D eigenvalue weighted by Crippen LogP contribution is -2.19. The SMILES string of the molecule is C=C(C)C1N(C(=O)OCC)C1(C)C. The van der Waals surface area contributed by atoms with Crippen molar-refractivity contribution in [1.29, 1.82) is 0 Å². The van der Waals surface area contributed by atoms with Crippen LogP contribution in [0.5, 0.6) is 0 Å². The fraction of sp³-hybridized carbons (Fsp3) is 0.700. The molecule has 1 amide bonds. The van der Waals surface area contributed by atoms with Gasteiger partial charge in [-0.05, 0) is 27.7 Å². The molecule has 1 fully saturated rings. The van der Waals surface area contributed by atoms with Gasteiger partial charge in [0.05, 0.1) is 18.2 Å². The minimum Gasteiger partial charge on any atom is -0.450 e.